The Balaban J connectivity index is 1.84. The Hall–Kier alpha value is -1.64. The number of hydrogen-bond donors (Lipinski definition) is 2. The highest BCUT2D eigenvalue weighted by molar-refractivity contribution is 9.10. The molecule has 1 aliphatic rings. The number of nitrogens with zero attached hydrogens (tertiary/aromatic N) is 2. The maximum Gasteiger partial charge on any atom is 0.103 e. The van der Waals surface area contributed by atoms with Crippen LogP contribution in [0.3, 0.4) is 0 Å². The summed E-state index contributed by atoms with van der Waals surface area (Å²) in [5.74, 6) is 0.593. The van der Waals surface area contributed by atoms with Crippen LogP contribution < -0.4 is 5.73 Å². The molecule has 3 N–H and O–H groups in total. The van der Waals surface area contributed by atoms with Gasteiger partial charge in [0.2, 0.25) is 0 Å². The van der Waals surface area contributed by atoms with Crippen LogP contribution in [-0.4, -0.2) is 16.2 Å². The van der Waals surface area contributed by atoms with Crippen molar-refractivity contribution in [1.82, 2.24) is 10.2 Å². The zero-order chi connectivity index (χ0) is 14.1. The number of nitrogens with one attached hydrogen (secondary N) is 1. The summed E-state index contributed by atoms with van der Waals surface area (Å²) in [5, 5.41) is 16.1. The average molecular weight is 331 g/mol. The maximum atomic E-state index is 9.11. The molecular weight excluding hydrogens is 316 g/mol. The number of H-pyrrole nitrogens is 1. The summed E-state index contributed by atoms with van der Waals surface area (Å²) in [6.45, 7) is 0. The average Bonchev–Trinajstić information content (AvgIpc) is 3.05. The van der Waals surface area contributed by atoms with Crippen molar-refractivity contribution >= 4 is 15.9 Å². The monoisotopic (exact) mass is 330 g/mol. The molecule has 1 heterocycles. The Morgan fingerprint density at radius 1 is 1.30 bits per heavy atom. The molecule has 3 rings (SSSR count). The molecule has 0 radical (unpaired) electrons. The molecule has 3 atom stereocenters. The van der Waals surface area contributed by atoms with Crippen molar-refractivity contribution in [2.24, 2.45) is 5.73 Å². The lowest BCUT2D eigenvalue weighted by Crippen LogP contribution is -2.23. The lowest BCUT2D eigenvalue weighted by Gasteiger charge is -2.12. The van der Waals surface area contributed by atoms with Gasteiger partial charge in [0.25, 0.3) is 0 Å². The first-order chi connectivity index (χ1) is 9.69. The highest BCUT2D eigenvalue weighted by Crippen LogP contribution is 2.43. The van der Waals surface area contributed by atoms with Crippen molar-refractivity contribution in [3.05, 3.63) is 51.8 Å². The van der Waals surface area contributed by atoms with Crippen LogP contribution in [0.1, 0.15) is 41.5 Å². The normalized spacial score (nSPS) is 25.6. The second kappa shape index (κ2) is 5.39. The summed E-state index contributed by atoms with van der Waals surface area (Å²) in [5.41, 5.74) is 9.02. The minimum atomic E-state index is 0.0547. The molecule has 5 heteroatoms. The maximum absolute atomic E-state index is 9.11. The molecule has 1 aromatic carbocycles. The van der Waals surface area contributed by atoms with Crippen LogP contribution in [0.4, 0.5) is 0 Å². The van der Waals surface area contributed by atoms with E-state index < -0.39 is 0 Å². The summed E-state index contributed by atoms with van der Waals surface area (Å²) in [7, 11) is 0. The molecule has 3 unspecified atom stereocenters. The molecule has 0 amide bonds. The fourth-order valence-corrected chi connectivity index (χ4v) is 3.33. The van der Waals surface area contributed by atoms with E-state index in [-0.39, 0.29) is 12.0 Å². The van der Waals surface area contributed by atoms with Gasteiger partial charge in [-0.15, -0.1) is 0 Å². The minimum Gasteiger partial charge on any atom is -0.327 e. The van der Waals surface area contributed by atoms with E-state index >= 15 is 0 Å². The Bertz CT molecular complexity index is 641. The van der Waals surface area contributed by atoms with Gasteiger partial charge in [-0.25, -0.2) is 0 Å². The van der Waals surface area contributed by atoms with Crippen LogP contribution in [0, 0.1) is 11.3 Å². The van der Waals surface area contributed by atoms with Crippen molar-refractivity contribution in [3.8, 4) is 6.07 Å². The quantitative estimate of drug-likeness (QED) is 0.888. The van der Waals surface area contributed by atoms with Gasteiger partial charge in [0.05, 0.1) is 11.3 Å². The molecule has 1 fully saturated rings. The van der Waals surface area contributed by atoms with E-state index in [0.29, 0.717) is 11.5 Å². The Morgan fingerprint density at radius 2 is 2.05 bits per heavy atom. The minimum absolute atomic E-state index is 0.0547. The van der Waals surface area contributed by atoms with Crippen LogP contribution in [-0.2, 0) is 0 Å². The van der Waals surface area contributed by atoms with Gasteiger partial charge in [-0.3, -0.25) is 5.10 Å². The van der Waals surface area contributed by atoms with Gasteiger partial charge in [-0.05, 0) is 36.5 Å². The summed E-state index contributed by atoms with van der Waals surface area (Å²) in [4.78, 5) is 0. The smallest absolute Gasteiger partial charge is 0.103 e. The van der Waals surface area contributed by atoms with Gasteiger partial charge in [0.15, 0.2) is 0 Å². The second-order valence-corrected chi connectivity index (χ2v) is 6.20. The molecule has 20 heavy (non-hydrogen) atoms. The third kappa shape index (κ3) is 2.37. The number of halogens is 1. The SMILES string of the molecule is N#Cc1c[nH]nc1C1CC(c2ccc(Br)cc2)CC1N. The van der Waals surface area contributed by atoms with Gasteiger partial charge in [-0.1, -0.05) is 28.1 Å². The first-order valence-electron chi connectivity index (χ1n) is 6.64. The van der Waals surface area contributed by atoms with Gasteiger partial charge in [-0.2, -0.15) is 10.4 Å². The zero-order valence-corrected chi connectivity index (χ0v) is 12.5. The number of aromatic nitrogens is 2. The van der Waals surface area contributed by atoms with Crippen LogP contribution in [0.5, 0.6) is 0 Å². The molecule has 1 saturated carbocycles. The number of hydrogen-bond acceptors (Lipinski definition) is 3. The number of nitriles is 1. The van der Waals surface area contributed by atoms with Gasteiger partial charge < -0.3 is 5.73 Å². The van der Waals surface area contributed by atoms with Gasteiger partial charge >= 0.3 is 0 Å². The molecule has 4 nitrogen and oxygen atoms in total. The third-order valence-electron chi connectivity index (χ3n) is 4.09. The molecule has 1 aromatic heterocycles. The van der Waals surface area contributed by atoms with Crippen LogP contribution in [0.2, 0.25) is 0 Å². The highest BCUT2D eigenvalue weighted by Gasteiger charge is 2.36. The number of benzene rings is 1. The fraction of sp³-hybridized carbons (Fsp3) is 0.333. The van der Waals surface area contributed by atoms with Crippen LogP contribution in [0.15, 0.2) is 34.9 Å². The molecule has 0 bridgehead atoms. The summed E-state index contributed by atoms with van der Waals surface area (Å²) in [6.07, 6.45) is 3.53. The number of nitrogens with two attached hydrogens (primary N) is 1. The van der Waals surface area contributed by atoms with E-state index in [0.717, 1.165) is 23.0 Å². The van der Waals surface area contributed by atoms with E-state index in [1.54, 1.807) is 6.20 Å². The Morgan fingerprint density at radius 3 is 2.75 bits per heavy atom. The van der Waals surface area contributed by atoms with Crippen molar-refractivity contribution in [3.63, 3.8) is 0 Å². The van der Waals surface area contributed by atoms with Crippen LogP contribution >= 0.6 is 15.9 Å². The molecule has 2 aromatic rings. The van der Waals surface area contributed by atoms with Crippen LogP contribution in [0.25, 0.3) is 0 Å². The van der Waals surface area contributed by atoms with Gasteiger partial charge in [0, 0.05) is 22.6 Å². The molecule has 0 saturated heterocycles. The topological polar surface area (TPSA) is 78.5 Å². The molecular formula is C15H15BrN4. The van der Waals surface area contributed by atoms with E-state index in [9.17, 15) is 0 Å². The van der Waals surface area contributed by atoms with Gasteiger partial charge in [0.1, 0.15) is 6.07 Å². The number of rotatable bonds is 2. The predicted molar refractivity (Wildman–Crippen MR) is 80.1 cm³/mol. The standard InChI is InChI=1S/C15H15BrN4/c16-12-3-1-9(2-4-12)10-5-13(14(18)6-10)15-11(7-17)8-19-20-15/h1-4,8,10,13-14H,5-6,18H2,(H,19,20). The van der Waals surface area contributed by atoms with E-state index in [2.05, 4.69) is 56.5 Å². The third-order valence-corrected chi connectivity index (χ3v) is 4.62. The first-order valence-corrected chi connectivity index (χ1v) is 7.43. The number of aromatic amines is 1. The predicted octanol–water partition coefficient (Wildman–Crippen LogP) is 3.03. The van der Waals surface area contributed by atoms with Crippen molar-refractivity contribution < 1.29 is 0 Å². The lowest BCUT2D eigenvalue weighted by molar-refractivity contribution is 0.595. The first kappa shape index (κ1) is 13.3. The fourth-order valence-electron chi connectivity index (χ4n) is 3.06. The largest absolute Gasteiger partial charge is 0.327 e. The van der Waals surface area contributed by atoms with Crippen molar-refractivity contribution in [2.45, 2.75) is 30.7 Å². The zero-order valence-electron chi connectivity index (χ0n) is 10.9. The molecule has 0 spiro atoms. The Labute approximate surface area is 126 Å². The Kier molecular flexibility index (Phi) is 3.60. The molecule has 102 valence electrons. The van der Waals surface area contributed by atoms with E-state index in [4.69, 9.17) is 11.0 Å². The van der Waals surface area contributed by atoms with Crippen molar-refractivity contribution in [2.75, 3.05) is 0 Å². The summed E-state index contributed by atoms with van der Waals surface area (Å²) in [6, 6.07) is 10.6. The summed E-state index contributed by atoms with van der Waals surface area (Å²) >= 11 is 3.45. The summed E-state index contributed by atoms with van der Waals surface area (Å²) < 4.78 is 1.08. The molecule has 1 aliphatic carbocycles. The van der Waals surface area contributed by atoms with Crippen molar-refractivity contribution in [1.29, 1.82) is 5.26 Å². The molecule has 0 aliphatic heterocycles. The second-order valence-electron chi connectivity index (χ2n) is 5.29. The van der Waals surface area contributed by atoms with E-state index in [1.165, 1.54) is 5.56 Å². The highest BCUT2D eigenvalue weighted by atomic mass is 79.9. The lowest BCUT2D eigenvalue weighted by atomic mass is 9.94. The van der Waals surface area contributed by atoms with E-state index in [1.807, 2.05) is 0 Å².